The van der Waals surface area contributed by atoms with E-state index in [-0.39, 0.29) is 5.95 Å². The second-order valence-electron chi connectivity index (χ2n) is 5.85. The molecule has 2 N–H and O–H groups in total. The molecule has 0 aliphatic heterocycles. The minimum atomic E-state index is -0.440. The molecule has 2 aromatic carbocycles. The standard InChI is InChI=1S/C20H21N5O3/c1-27-15-9-7-14(8-10-15)11-12-21-18-13-22-25-20(24-18)23-17-6-4-3-5-16(17)19(26)28-2/h3-10,13H,11-12H2,1-2H3,(H2,21,23,24,25). The van der Waals surface area contributed by atoms with Crippen LogP contribution in [0.1, 0.15) is 15.9 Å². The van der Waals surface area contributed by atoms with E-state index >= 15 is 0 Å². The van der Waals surface area contributed by atoms with Gasteiger partial charge in [-0.2, -0.15) is 10.1 Å². The zero-order valence-corrected chi connectivity index (χ0v) is 15.7. The molecular weight excluding hydrogens is 358 g/mol. The molecule has 0 unspecified atom stereocenters. The number of anilines is 3. The lowest BCUT2D eigenvalue weighted by atomic mass is 10.1. The van der Waals surface area contributed by atoms with Gasteiger partial charge in [-0.15, -0.1) is 5.10 Å². The van der Waals surface area contributed by atoms with E-state index in [1.807, 2.05) is 24.3 Å². The molecule has 8 nitrogen and oxygen atoms in total. The number of carbonyl (C=O) groups is 1. The Morgan fingerprint density at radius 1 is 1.07 bits per heavy atom. The van der Waals surface area contributed by atoms with Crippen molar-refractivity contribution in [2.24, 2.45) is 0 Å². The first kappa shape index (κ1) is 19.1. The molecule has 1 heterocycles. The van der Waals surface area contributed by atoms with Crippen molar-refractivity contribution in [3.63, 3.8) is 0 Å². The molecule has 28 heavy (non-hydrogen) atoms. The summed E-state index contributed by atoms with van der Waals surface area (Å²) >= 11 is 0. The molecule has 0 aliphatic carbocycles. The molecule has 0 spiro atoms. The minimum Gasteiger partial charge on any atom is -0.497 e. The molecule has 0 bridgehead atoms. The van der Waals surface area contributed by atoms with Gasteiger partial charge in [-0.3, -0.25) is 0 Å². The van der Waals surface area contributed by atoms with Crippen molar-refractivity contribution in [2.45, 2.75) is 6.42 Å². The van der Waals surface area contributed by atoms with Crippen LogP contribution in [0.4, 0.5) is 17.5 Å². The van der Waals surface area contributed by atoms with Crippen molar-refractivity contribution in [2.75, 3.05) is 31.4 Å². The average molecular weight is 379 g/mol. The lowest BCUT2D eigenvalue weighted by molar-refractivity contribution is 0.0602. The summed E-state index contributed by atoms with van der Waals surface area (Å²) in [6.45, 7) is 0.684. The van der Waals surface area contributed by atoms with Crippen LogP contribution in [-0.2, 0) is 11.2 Å². The Balaban J connectivity index is 1.62. The number of benzene rings is 2. The smallest absolute Gasteiger partial charge is 0.339 e. The van der Waals surface area contributed by atoms with Crippen LogP contribution in [0.25, 0.3) is 0 Å². The Morgan fingerprint density at radius 3 is 2.61 bits per heavy atom. The van der Waals surface area contributed by atoms with Crippen LogP contribution in [0.15, 0.2) is 54.7 Å². The Hall–Kier alpha value is -3.68. The number of para-hydroxylation sites is 1. The highest BCUT2D eigenvalue weighted by molar-refractivity contribution is 5.96. The van der Waals surface area contributed by atoms with Crippen LogP contribution in [0.3, 0.4) is 0 Å². The molecule has 3 aromatic rings. The van der Waals surface area contributed by atoms with E-state index < -0.39 is 5.97 Å². The number of rotatable bonds is 8. The summed E-state index contributed by atoms with van der Waals surface area (Å²) in [6.07, 6.45) is 2.37. The summed E-state index contributed by atoms with van der Waals surface area (Å²) < 4.78 is 9.95. The van der Waals surface area contributed by atoms with Gasteiger partial charge in [0.1, 0.15) is 5.75 Å². The number of carbonyl (C=O) groups excluding carboxylic acids is 1. The molecule has 0 amide bonds. The number of methoxy groups -OCH3 is 2. The lowest BCUT2D eigenvalue weighted by Gasteiger charge is -2.10. The highest BCUT2D eigenvalue weighted by atomic mass is 16.5. The number of aromatic nitrogens is 3. The van der Waals surface area contributed by atoms with E-state index in [1.165, 1.54) is 12.7 Å². The van der Waals surface area contributed by atoms with Crippen LogP contribution in [-0.4, -0.2) is 41.9 Å². The Labute approximate surface area is 162 Å². The number of esters is 1. The fraction of sp³-hybridized carbons (Fsp3) is 0.200. The van der Waals surface area contributed by atoms with Crippen LogP contribution in [0.2, 0.25) is 0 Å². The molecule has 0 radical (unpaired) electrons. The van der Waals surface area contributed by atoms with Crippen molar-refractivity contribution in [3.8, 4) is 5.75 Å². The van der Waals surface area contributed by atoms with Gasteiger partial charge in [0.2, 0.25) is 5.95 Å². The molecule has 0 saturated heterocycles. The summed E-state index contributed by atoms with van der Waals surface area (Å²) in [5.41, 5.74) is 2.12. The lowest BCUT2D eigenvalue weighted by Crippen LogP contribution is -2.10. The van der Waals surface area contributed by atoms with E-state index in [9.17, 15) is 4.79 Å². The fourth-order valence-corrected chi connectivity index (χ4v) is 2.57. The molecule has 0 aliphatic rings. The van der Waals surface area contributed by atoms with Gasteiger partial charge >= 0.3 is 5.97 Å². The van der Waals surface area contributed by atoms with Gasteiger partial charge in [-0.05, 0) is 36.2 Å². The number of hydrogen-bond acceptors (Lipinski definition) is 8. The largest absolute Gasteiger partial charge is 0.497 e. The zero-order valence-electron chi connectivity index (χ0n) is 15.7. The molecule has 1 aromatic heterocycles. The molecule has 8 heteroatoms. The summed E-state index contributed by atoms with van der Waals surface area (Å²) in [4.78, 5) is 16.3. The van der Waals surface area contributed by atoms with Gasteiger partial charge in [0, 0.05) is 6.54 Å². The summed E-state index contributed by atoms with van der Waals surface area (Å²) in [7, 11) is 2.98. The van der Waals surface area contributed by atoms with Crippen LogP contribution >= 0.6 is 0 Å². The normalized spacial score (nSPS) is 10.2. The Bertz CT molecular complexity index is 931. The van der Waals surface area contributed by atoms with E-state index in [0.717, 1.165) is 12.2 Å². The molecule has 3 rings (SSSR count). The SMILES string of the molecule is COC(=O)c1ccccc1Nc1nncc(NCCc2ccc(OC)cc2)n1. The highest BCUT2D eigenvalue weighted by Gasteiger charge is 2.12. The van der Waals surface area contributed by atoms with Crippen LogP contribution < -0.4 is 15.4 Å². The van der Waals surface area contributed by atoms with Crippen molar-refractivity contribution in [3.05, 3.63) is 65.9 Å². The third-order valence-corrected chi connectivity index (χ3v) is 4.02. The number of ether oxygens (including phenoxy) is 2. The summed E-state index contributed by atoms with van der Waals surface area (Å²) in [6, 6.07) is 14.9. The first-order valence-electron chi connectivity index (χ1n) is 8.70. The maximum Gasteiger partial charge on any atom is 0.339 e. The van der Waals surface area contributed by atoms with Gasteiger partial charge in [-0.1, -0.05) is 24.3 Å². The van der Waals surface area contributed by atoms with E-state index in [4.69, 9.17) is 9.47 Å². The first-order chi connectivity index (χ1) is 13.7. The van der Waals surface area contributed by atoms with Gasteiger partial charge in [-0.25, -0.2) is 4.79 Å². The highest BCUT2D eigenvalue weighted by Crippen LogP contribution is 2.19. The van der Waals surface area contributed by atoms with E-state index in [0.29, 0.717) is 23.6 Å². The van der Waals surface area contributed by atoms with Crippen molar-refractivity contribution in [1.29, 1.82) is 0 Å². The van der Waals surface area contributed by atoms with E-state index in [2.05, 4.69) is 25.8 Å². The monoisotopic (exact) mass is 379 g/mol. The van der Waals surface area contributed by atoms with Crippen LogP contribution in [0, 0.1) is 0 Å². The Kier molecular flexibility index (Phi) is 6.35. The van der Waals surface area contributed by atoms with Crippen molar-refractivity contribution >= 4 is 23.4 Å². The Morgan fingerprint density at radius 2 is 1.86 bits per heavy atom. The predicted octanol–water partition coefficient (Wildman–Crippen LogP) is 3.07. The summed E-state index contributed by atoms with van der Waals surface area (Å²) in [5.74, 6) is 1.26. The number of hydrogen-bond donors (Lipinski definition) is 2. The maximum atomic E-state index is 11.9. The van der Waals surface area contributed by atoms with E-state index in [1.54, 1.807) is 37.6 Å². The summed E-state index contributed by atoms with van der Waals surface area (Å²) in [5, 5.41) is 14.2. The average Bonchev–Trinajstić information content (AvgIpc) is 2.74. The quantitative estimate of drug-likeness (QED) is 0.576. The van der Waals surface area contributed by atoms with Gasteiger partial charge in [0.25, 0.3) is 0 Å². The third kappa shape index (κ3) is 4.94. The number of nitrogens with zero attached hydrogens (tertiary/aromatic N) is 3. The van der Waals surface area contributed by atoms with Gasteiger partial charge in [0.05, 0.1) is 31.7 Å². The minimum absolute atomic E-state index is 0.283. The topological polar surface area (TPSA) is 98.3 Å². The number of nitrogens with one attached hydrogen (secondary N) is 2. The van der Waals surface area contributed by atoms with Gasteiger partial charge < -0.3 is 20.1 Å². The second-order valence-corrected chi connectivity index (χ2v) is 5.85. The molecule has 0 fully saturated rings. The van der Waals surface area contributed by atoms with Crippen molar-refractivity contribution in [1.82, 2.24) is 15.2 Å². The maximum absolute atomic E-state index is 11.9. The third-order valence-electron chi connectivity index (χ3n) is 4.02. The molecule has 144 valence electrons. The van der Waals surface area contributed by atoms with Crippen molar-refractivity contribution < 1.29 is 14.3 Å². The molecular formula is C20H21N5O3. The van der Waals surface area contributed by atoms with Gasteiger partial charge in [0.15, 0.2) is 5.82 Å². The molecule has 0 saturated carbocycles. The first-order valence-corrected chi connectivity index (χ1v) is 8.70. The molecule has 0 atom stereocenters. The fourth-order valence-electron chi connectivity index (χ4n) is 2.57. The zero-order chi connectivity index (χ0) is 19.8. The predicted molar refractivity (Wildman–Crippen MR) is 106 cm³/mol. The second kappa shape index (κ2) is 9.31. The van der Waals surface area contributed by atoms with Crippen LogP contribution in [0.5, 0.6) is 5.75 Å².